The third-order valence-electron chi connectivity index (χ3n) is 2.85. The van der Waals surface area contributed by atoms with Crippen LogP contribution in [0.5, 0.6) is 0 Å². The molecule has 4 nitrogen and oxygen atoms in total. The van der Waals surface area contributed by atoms with Crippen LogP contribution in [0.4, 0.5) is 10.5 Å². The monoisotopic (exact) mass is 328 g/mol. The van der Waals surface area contributed by atoms with Gasteiger partial charge in [-0.15, -0.1) is 0 Å². The fourth-order valence-electron chi connectivity index (χ4n) is 1.56. The van der Waals surface area contributed by atoms with Gasteiger partial charge >= 0.3 is 6.03 Å². The maximum Gasteiger partial charge on any atom is 0.319 e. The van der Waals surface area contributed by atoms with Crippen molar-refractivity contribution in [2.24, 2.45) is 5.41 Å². The van der Waals surface area contributed by atoms with Crippen molar-refractivity contribution in [2.75, 3.05) is 18.5 Å². The van der Waals surface area contributed by atoms with Crippen LogP contribution >= 0.6 is 15.9 Å². The fraction of sp³-hybridized carbons (Fsp3) is 0.500. The summed E-state index contributed by atoms with van der Waals surface area (Å²) in [6.07, 6.45) is 1.73. The van der Waals surface area contributed by atoms with E-state index >= 15 is 0 Å². The summed E-state index contributed by atoms with van der Waals surface area (Å²) in [5.74, 6) is 0. The number of rotatable bonds is 6. The summed E-state index contributed by atoms with van der Waals surface area (Å²) < 4.78 is 0.977. The molecular formula is C14H21BrN2O2. The van der Waals surface area contributed by atoms with Crippen LogP contribution < -0.4 is 10.6 Å². The van der Waals surface area contributed by atoms with Gasteiger partial charge in [0.05, 0.1) is 0 Å². The van der Waals surface area contributed by atoms with Crippen LogP contribution in [0.3, 0.4) is 0 Å². The molecule has 0 saturated heterocycles. The SMILES string of the molecule is CC(C)(CO)CCCNC(=O)Nc1ccc(Br)cc1. The Morgan fingerprint density at radius 1 is 1.32 bits per heavy atom. The van der Waals surface area contributed by atoms with Crippen LogP contribution in [0.25, 0.3) is 0 Å². The fourth-order valence-corrected chi connectivity index (χ4v) is 1.82. The molecule has 0 bridgehead atoms. The Bertz CT molecular complexity index is 404. The minimum Gasteiger partial charge on any atom is -0.396 e. The minimum atomic E-state index is -0.205. The van der Waals surface area contributed by atoms with E-state index in [1.165, 1.54) is 0 Å². The highest BCUT2D eigenvalue weighted by Gasteiger charge is 2.15. The molecule has 0 spiro atoms. The van der Waals surface area contributed by atoms with Gasteiger partial charge in [0.1, 0.15) is 0 Å². The molecule has 1 aromatic carbocycles. The molecule has 0 atom stereocenters. The number of hydrogen-bond donors (Lipinski definition) is 3. The van der Waals surface area contributed by atoms with Gasteiger partial charge in [0, 0.05) is 23.3 Å². The van der Waals surface area contributed by atoms with Crippen LogP contribution in [0, 0.1) is 5.41 Å². The van der Waals surface area contributed by atoms with Gasteiger partial charge in [-0.05, 0) is 42.5 Å². The molecule has 0 aliphatic rings. The molecule has 0 aliphatic heterocycles. The van der Waals surface area contributed by atoms with Crippen LogP contribution in [0.15, 0.2) is 28.7 Å². The zero-order valence-corrected chi connectivity index (χ0v) is 13.0. The van der Waals surface area contributed by atoms with E-state index in [-0.39, 0.29) is 18.1 Å². The highest BCUT2D eigenvalue weighted by molar-refractivity contribution is 9.10. The molecule has 3 N–H and O–H groups in total. The van der Waals surface area contributed by atoms with Crippen molar-refractivity contribution in [3.8, 4) is 0 Å². The van der Waals surface area contributed by atoms with Crippen molar-refractivity contribution in [1.29, 1.82) is 0 Å². The van der Waals surface area contributed by atoms with Gasteiger partial charge in [0.2, 0.25) is 0 Å². The first-order valence-corrected chi connectivity index (χ1v) is 7.13. The van der Waals surface area contributed by atoms with E-state index in [0.29, 0.717) is 6.54 Å². The summed E-state index contributed by atoms with van der Waals surface area (Å²) in [5, 5.41) is 14.7. The lowest BCUT2D eigenvalue weighted by Gasteiger charge is -2.21. The topological polar surface area (TPSA) is 61.4 Å². The zero-order chi connectivity index (χ0) is 14.3. The van der Waals surface area contributed by atoms with Crippen molar-refractivity contribution in [3.63, 3.8) is 0 Å². The van der Waals surface area contributed by atoms with Crippen molar-refractivity contribution in [1.82, 2.24) is 5.32 Å². The maximum atomic E-state index is 11.6. The van der Waals surface area contributed by atoms with Gasteiger partial charge in [-0.3, -0.25) is 0 Å². The first-order valence-electron chi connectivity index (χ1n) is 6.34. The Morgan fingerprint density at radius 2 is 1.95 bits per heavy atom. The molecule has 0 saturated carbocycles. The Labute approximate surface area is 122 Å². The third kappa shape index (κ3) is 6.59. The summed E-state index contributed by atoms with van der Waals surface area (Å²) in [7, 11) is 0. The molecule has 106 valence electrons. The normalized spacial score (nSPS) is 11.2. The molecule has 0 radical (unpaired) electrons. The van der Waals surface area contributed by atoms with Crippen LogP contribution in [0.1, 0.15) is 26.7 Å². The van der Waals surface area contributed by atoms with Gasteiger partial charge in [-0.2, -0.15) is 0 Å². The average Bonchev–Trinajstić information content (AvgIpc) is 2.38. The Kier molecular flexibility index (Phi) is 6.31. The summed E-state index contributed by atoms with van der Waals surface area (Å²) in [6, 6.07) is 7.21. The van der Waals surface area contributed by atoms with Crippen LogP contribution in [0.2, 0.25) is 0 Å². The average molecular weight is 329 g/mol. The van der Waals surface area contributed by atoms with E-state index in [4.69, 9.17) is 5.11 Å². The highest BCUT2D eigenvalue weighted by Crippen LogP contribution is 2.20. The third-order valence-corrected chi connectivity index (χ3v) is 3.37. The quantitative estimate of drug-likeness (QED) is 0.701. The second kappa shape index (κ2) is 7.50. The second-order valence-electron chi connectivity index (χ2n) is 5.31. The van der Waals surface area contributed by atoms with Crippen molar-refractivity contribution in [2.45, 2.75) is 26.7 Å². The highest BCUT2D eigenvalue weighted by atomic mass is 79.9. The number of hydrogen-bond acceptors (Lipinski definition) is 2. The molecule has 0 fully saturated rings. The first-order chi connectivity index (χ1) is 8.93. The number of aliphatic hydroxyl groups excluding tert-OH is 1. The van der Waals surface area contributed by atoms with Gasteiger partial charge in [0.15, 0.2) is 0 Å². The van der Waals surface area contributed by atoms with E-state index in [1.807, 2.05) is 38.1 Å². The number of urea groups is 1. The number of anilines is 1. The predicted molar refractivity (Wildman–Crippen MR) is 81.3 cm³/mol. The molecule has 1 rings (SSSR count). The first kappa shape index (κ1) is 16.0. The number of benzene rings is 1. The molecular weight excluding hydrogens is 308 g/mol. The summed E-state index contributed by atoms with van der Waals surface area (Å²) >= 11 is 3.34. The van der Waals surface area contributed by atoms with E-state index in [0.717, 1.165) is 23.0 Å². The Hall–Kier alpha value is -1.07. The van der Waals surface area contributed by atoms with Crippen molar-refractivity contribution >= 4 is 27.6 Å². The molecule has 1 aromatic rings. The molecule has 5 heteroatoms. The molecule has 19 heavy (non-hydrogen) atoms. The number of carbonyl (C=O) groups is 1. The summed E-state index contributed by atoms with van der Waals surface area (Å²) in [6.45, 7) is 4.79. The summed E-state index contributed by atoms with van der Waals surface area (Å²) in [5.41, 5.74) is 0.681. The number of aliphatic hydroxyl groups is 1. The zero-order valence-electron chi connectivity index (χ0n) is 11.4. The lowest BCUT2D eigenvalue weighted by Crippen LogP contribution is -2.30. The van der Waals surface area contributed by atoms with Crippen LogP contribution in [-0.2, 0) is 0 Å². The molecule has 0 unspecified atom stereocenters. The predicted octanol–water partition coefficient (Wildman–Crippen LogP) is 3.37. The lowest BCUT2D eigenvalue weighted by atomic mass is 9.89. The van der Waals surface area contributed by atoms with E-state index in [1.54, 1.807) is 0 Å². The van der Waals surface area contributed by atoms with Gasteiger partial charge < -0.3 is 15.7 Å². The van der Waals surface area contributed by atoms with Gasteiger partial charge in [-0.1, -0.05) is 29.8 Å². The number of nitrogens with one attached hydrogen (secondary N) is 2. The smallest absolute Gasteiger partial charge is 0.319 e. The second-order valence-corrected chi connectivity index (χ2v) is 6.23. The van der Waals surface area contributed by atoms with E-state index < -0.39 is 0 Å². The maximum absolute atomic E-state index is 11.6. The lowest BCUT2D eigenvalue weighted by molar-refractivity contribution is 0.148. The number of halogens is 1. The number of carbonyl (C=O) groups excluding carboxylic acids is 1. The largest absolute Gasteiger partial charge is 0.396 e. The van der Waals surface area contributed by atoms with Gasteiger partial charge in [-0.25, -0.2) is 4.79 Å². The number of amides is 2. The Morgan fingerprint density at radius 3 is 2.53 bits per heavy atom. The molecule has 0 heterocycles. The van der Waals surface area contributed by atoms with Crippen molar-refractivity contribution < 1.29 is 9.90 Å². The molecule has 0 aliphatic carbocycles. The minimum absolute atomic E-state index is 0.0795. The Balaban J connectivity index is 2.23. The van der Waals surface area contributed by atoms with Gasteiger partial charge in [0.25, 0.3) is 0 Å². The molecule has 0 aromatic heterocycles. The molecule has 2 amide bonds. The van der Waals surface area contributed by atoms with E-state index in [9.17, 15) is 4.79 Å². The van der Waals surface area contributed by atoms with E-state index in [2.05, 4.69) is 26.6 Å². The van der Waals surface area contributed by atoms with Crippen LogP contribution in [-0.4, -0.2) is 24.3 Å². The summed E-state index contributed by atoms with van der Waals surface area (Å²) in [4.78, 5) is 11.6. The van der Waals surface area contributed by atoms with Crippen molar-refractivity contribution in [3.05, 3.63) is 28.7 Å². The standard InChI is InChI=1S/C14H21BrN2O2/c1-14(2,10-18)8-3-9-16-13(19)17-12-6-4-11(15)5-7-12/h4-7,18H,3,8-10H2,1-2H3,(H2,16,17,19).